The number of amides is 1. The maximum absolute atomic E-state index is 12.2. The number of anilines is 1. The average Bonchev–Trinajstić information content (AvgIpc) is 2.90. The van der Waals surface area contributed by atoms with Crippen LogP contribution in [0.1, 0.15) is 23.2 Å². The van der Waals surface area contributed by atoms with Crippen LogP contribution in [-0.2, 0) is 4.79 Å². The van der Waals surface area contributed by atoms with Gasteiger partial charge in [0.2, 0.25) is 0 Å². The van der Waals surface area contributed by atoms with E-state index in [4.69, 9.17) is 10.7 Å². The minimum atomic E-state index is -1.19. The van der Waals surface area contributed by atoms with Crippen molar-refractivity contribution in [2.75, 3.05) is 31.6 Å². The molecule has 0 saturated carbocycles. The number of nitrogens with zero attached hydrogens (tertiary/aromatic N) is 5. The molecule has 1 aliphatic heterocycles. The molecule has 7 heteroatoms. The Hall–Kier alpha value is -2.62. The molecule has 1 aliphatic rings. The highest BCUT2D eigenvalue weighted by Crippen LogP contribution is 2.29. The number of rotatable bonds is 3. The predicted molar refractivity (Wildman–Crippen MR) is 92.6 cm³/mol. The Morgan fingerprint density at radius 3 is 3.21 bits per heavy atom. The molecule has 24 heavy (non-hydrogen) atoms. The molecule has 1 N–H and O–H groups in total. The summed E-state index contributed by atoms with van der Waals surface area (Å²) < 4.78 is 25.3. The van der Waals surface area contributed by atoms with Gasteiger partial charge < -0.3 is 19.6 Å². The standard InChI is InChI=1S/C17H22N6O/c1-11-5-6-23(15(24)8-18-3)9-14(11)22(4)17-13-7-12(2)21-16(13)19-10-20-17/h7,10-11,14H,5-6,8-9H2,1-2,4H3,(H,19,20,21)/t11-,14+/m1/s1/i7D,10D,14D. The number of carbonyl (C=O) groups excluding carboxylic acids is 1. The number of aromatic amines is 1. The zero-order chi connectivity index (χ0) is 19.9. The zero-order valence-corrected chi connectivity index (χ0v) is 14.1. The van der Waals surface area contributed by atoms with E-state index in [1.165, 1.54) is 0 Å². The summed E-state index contributed by atoms with van der Waals surface area (Å²) in [6.45, 7) is 11.0. The molecule has 0 bridgehead atoms. The summed E-state index contributed by atoms with van der Waals surface area (Å²) in [7, 11) is 1.70. The van der Waals surface area contributed by atoms with Crippen molar-refractivity contribution in [3.05, 3.63) is 29.5 Å². The van der Waals surface area contributed by atoms with Crippen LogP contribution >= 0.6 is 0 Å². The molecule has 126 valence electrons. The van der Waals surface area contributed by atoms with E-state index in [1.54, 1.807) is 23.8 Å². The van der Waals surface area contributed by atoms with Crippen LogP contribution in [0.2, 0.25) is 0 Å². The Labute approximate surface area is 145 Å². The molecular formula is C17H22N6O. The molecular weight excluding hydrogens is 304 g/mol. The molecule has 7 nitrogen and oxygen atoms in total. The lowest BCUT2D eigenvalue weighted by atomic mass is 9.92. The first-order valence-corrected chi connectivity index (χ1v) is 7.87. The van der Waals surface area contributed by atoms with Gasteiger partial charge in [0, 0.05) is 25.8 Å². The number of likely N-dealkylation sites (tertiary alicyclic amines) is 1. The van der Waals surface area contributed by atoms with Crippen LogP contribution in [0.25, 0.3) is 15.9 Å². The van der Waals surface area contributed by atoms with Gasteiger partial charge in [-0.15, -0.1) is 0 Å². The van der Waals surface area contributed by atoms with Gasteiger partial charge in [-0.2, -0.15) is 0 Å². The van der Waals surface area contributed by atoms with E-state index < -0.39 is 6.02 Å². The van der Waals surface area contributed by atoms with Crippen LogP contribution in [0, 0.1) is 19.4 Å². The number of likely N-dealkylation sites (N-methyl/N-ethyl adjacent to an activating group) is 1. The second kappa shape index (κ2) is 6.48. The number of aromatic nitrogens is 3. The number of H-pyrrole nitrogens is 1. The SMILES string of the molecule is [2H]c1nc(N(C)[C@@]2([2H])CN(C(=O)C[N+]#[C-])CC[C@H]2C)c2c([2H])c(C)[nH]c2n1. The minimum absolute atomic E-state index is 0.0760. The molecule has 1 amide bonds. The molecule has 1 saturated heterocycles. The van der Waals surface area contributed by atoms with Gasteiger partial charge in [-0.3, -0.25) is 4.79 Å². The Balaban J connectivity index is 2.05. The number of nitrogens with one attached hydrogen (secondary N) is 1. The molecule has 2 aromatic heterocycles. The van der Waals surface area contributed by atoms with E-state index >= 15 is 0 Å². The number of fused-ring (bicyclic) bond motifs is 1. The van der Waals surface area contributed by atoms with Crippen LogP contribution in [0.15, 0.2) is 12.3 Å². The van der Waals surface area contributed by atoms with Gasteiger partial charge >= 0.3 is 5.91 Å². The van der Waals surface area contributed by atoms with Crippen molar-refractivity contribution < 1.29 is 8.91 Å². The van der Waals surface area contributed by atoms with E-state index in [-0.39, 0.29) is 37.3 Å². The summed E-state index contributed by atoms with van der Waals surface area (Å²) in [5, 5.41) is 0.467. The first-order valence-electron chi connectivity index (χ1n) is 9.37. The molecule has 2 atom stereocenters. The van der Waals surface area contributed by atoms with E-state index in [9.17, 15) is 4.79 Å². The topological polar surface area (TPSA) is 69.5 Å². The van der Waals surface area contributed by atoms with Crippen molar-refractivity contribution in [1.82, 2.24) is 19.9 Å². The first-order chi connectivity index (χ1) is 12.7. The monoisotopic (exact) mass is 329 g/mol. The summed E-state index contributed by atoms with van der Waals surface area (Å²) in [5.41, 5.74) is 1.01. The molecule has 2 aromatic rings. The molecule has 0 aliphatic carbocycles. The molecule has 3 heterocycles. The van der Waals surface area contributed by atoms with Crippen molar-refractivity contribution in [2.24, 2.45) is 5.92 Å². The Morgan fingerprint density at radius 2 is 2.46 bits per heavy atom. The third-order valence-electron chi connectivity index (χ3n) is 4.47. The van der Waals surface area contributed by atoms with Crippen LogP contribution in [0.4, 0.5) is 5.82 Å². The summed E-state index contributed by atoms with van der Waals surface area (Å²) in [6.07, 6.45) is 0.429. The lowest BCUT2D eigenvalue weighted by Crippen LogP contribution is -2.53. The Bertz CT molecular complexity index is 939. The third kappa shape index (κ3) is 2.92. The fraction of sp³-hybridized carbons (Fsp3) is 0.529. The first kappa shape index (κ1) is 12.8. The highest BCUT2D eigenvalue weighted by Gasteiger charge is 2.33. The maximum atomic E-state index is 12.2. The maximum Gasteiger partial charge on any atom is 0.302 e. The normalized spacial score (nSPS) is 25.7. The molecule has 0 aromatic carbocycles. The van der Waals surface area contributed by atoms with Gasteiger partial charge in [-0.25, -0.2) is 16.5 Å². The van der Waals surface area contributed by atoms with E-state index in [0.717, 1.165) is 0 Å². The second-order valence-electron chi connectivity index (χ2n) is 6.12. The number of hydrogen-bond acceptors (Lipinski definition) is 4. The molecule has 3 rings (SSSR count). The smallest absolute Gasteiger partial charge is 0.302 e. The van der Waals surface area contributed by atoms with Crippen molar-refractivity contribution in [3.63, 3.8) is 0 Å². The minimum Gasteiger partial charge on any atom is -0.354 e. The largest absolute Gasteiger partial charge is 0.354 e. The Kier molecular flexibility index (Phi) is 3.44. The van der Waals surface area contributed by atoms with Crippen molar-refractivity contribution in [3.8, 4) is 0 Å². The van der Waals surface area contributed by atoms with Gasteiger partial charge in [0.1, 0.15) is 19.1 Å². The van der Waals surface area contributed by atoms with Gasteiger partial charge in [0.15, 0.2) is 0 Å². The zero-order valence-electron chi connectivity index (χ0n) is 17.1. The summed E-state index contributed by atoms with van der Waals surface area (Å²) >= 11 is 0. The molecule has 1 fully saturated rings. The molecule has 0 unspecified atom stereocenters. The summed E-state index contributed by atoms with van der Waals surface area (Å²) in [5.74, 6) is -0.0248. The number of hydrogen-bond donors (Lipinski definition) is 1. The summed E-state index contributed by atoms with van der Waals surface area (Å²) in [6, 6.07) is -0.957. The van der Waals surface area contributed by atoms with Crippen LogP contribution in [0.3, 0.4) is 0 Å². The predicted octanol–water partition coefficient (Wildman–Crippen LogP) is 1.86. The van der Waals surface area contributed by atoms with Crippen LogP contribution in [-0.4, -0.2) is 58.5 Å². The van der Waals surface area contributed by atoms with Crippen molar-refractivity contribution >= 4 is 22.8 Å². The van der Waals surface area contributed by atoms with E-state index in [2.05, 4.69) is 19.8 Å². The van der Waals surface area contributed by atoms with Gasteiger partial charge in [0.05, 0.1) is 14.1 Å². The third-order valence-corrected chi connectivity index (χ3v) is 4.47. The van der Waals surface area contributed by atoms with Crippen LogP contribution in [0.5, 0.6) is 0 Å². The summed E-state index contributed by atoms with van der Waals surface area (Å²) in [4.78, 5) is 29.8. The van der Waals surface area contributed by atoms with Gasteiger partial charge in [0.25, 0.3) is 6.54 Å². The average molecular weight is 329 g/mol. The number of carbonyl (C=O) groups is 1. The van der Waals surface area contributed by atoms with Crippen molar-refractivity contribution in [2.45, 2.75) is 26.3 Å². The quantitative estimate of drug-likeness (QED) is 0.873. The fourth-order valence-corrected chi connectivity index (χ4v) is 3.08. The number of aryl methyl sites for hydroxylation is 1. The number of piperidine rings is 1. The van der Waals surface area contributed by atoms with Crippen LogP contribution < -0.4 is 4.90 Å². The van der Waals surface area contributed by atoms with Gasteiger partial charge in [-0.05, 0) is 25.3 Å². The fourth-order valence-electron chi connectivity index (χ4n) is 3.08. The van der Waals surface area contributed by atoms with Crippen molar-refractivity contribution in [1.29, 1.82) is 0 Å². The van der Waals surface area contributed by atoms with Gasteiger partial charge in [-0.1, -0.05) is 6.92 Å². The second-order valence-corrected chi connectivity index (χ2v) is 6.12. The Morgan fingerprint density at radius 1 is 1.67 bits per heavy atom. The van der Waals surface area contributed by atoms with E-state index in [0.29, 0.717) is 35.5 Å². The van der Waals surface area contributed by atoms with E-state index in [1.807, 2.05) is 6.92 Å². The highest BCUT2D eigenvalue weighted by atomic mass is 16.2. The highest BCUT2D eigenvalue weighted by molar-refractivity contribution is 5.88. The lowest BCUT2D eigenvalue weighted by molar-refractivity contribution is -0.130. The molecule has 0 radical (unpaired) electrons. The lowest BCUT2D eigenvalue weighted by Gasteiger charge is -2.41. The molecule has 0 spiro atoms.